The van der Waals surface area contributed by atoms with Gasteiger partial charge in [-0.1, -0.05) is 19.9 Å². The van der Waals surface area contributed by atoms with Crippen LogP contribution < -0.4 is 10.0 Å². The quantitative estimate of drug-likeness (QED) is 0.681. The lowest BCUT2D eigenvalue weighted by molar-refractivity contribution is 0.551. The van der Waals surface area contributed by atoms with Crippen LogP contribution in [0, 0.1) is 5.82 Å². The van der Waals surface area contributed by atoms with Crippen LogP contribution in [0.3, 0.4) is 0 Å². The average molecular weight is 334 g/mol. The fourth-order valence-corrected chi connectivity index (χ4v) is 3.26. The van der Waals surface area contributed by atoms with Crippen LogP contribution in [0.4, 0.5) is 4.39 Å². The highest BCUT2D eigenvalue weighted by Crippen LogP contribution is 2.16. The molecule has 1 aromatic rings. The predicted molar refractivity (Wildman–Crippen MR) is 86.6 cm³/mol. The van der Waals surface area contributed by atoms with Gasteiger partial charge in [0.15, 0.2) is 0 Å². The van der Waals surface area contributed by atoms with Crippen molar-refractivity contribution in [1.29, 1.82) is 0 Å². The SMILES string of the molecule is CSCCCNS(=O)(=O)c1ccc(CNC(C)C)cc1F. The van der Waals surface area contributed by atoms with Crippen LogP contribution in [0.1, 0.15) is 25.8 Å². The lowest BCUT2D eigenvalue weighted by Gasteiger charge is -2.11. The van der Waals surface area contributed by atoms with Crippen molar-refractivity contribution in [3.63, 3.8) is 0 Å². The molecular formula is C14H23FN2O2S2. The molecule has 1 aromatic carbocycles. The summed E-state index contributed by atoms with van der Waals surface area (Å²) in [5.74, 6) is 0.153. The number of thioether (sulfide) groups is 1. The van der Waals surface area contributed by atoms with E-state index in [1.165, 1.54) is 12.1 Å². The van der Waals surface area contributed by atoms with Gasteiger partial charge in [0.2, 0.25) is 10.0 Å². The van der Waals surface area contributed by atoms with Crippen molar-refractivity contribution in [1.82, 2.24) is 10.0 Å². The Kier molecular flexibility index (Phi) is 7.65. The van der Waals surface area contributed by atoms with Gasteiger partial charge in [0.1, 0.15) is 10.7 Å². The lowest BCUT2D eigenvalue weighted by atomic mass is 10.2. The van der Waals surface area contributed by atoms with E-state index in [0.29, 0.717) is 13.1 Å². The molecule has 0 aliphatic rings. The average Bonchev–Trinajstić information content (AvgIpc) is 2.41. The molecule has 1 rings (SSSR count). The zero-order valence-corrected chi connectivity index (χ0v) is 14.3. The van der Waals surface area contributed by atoms with Crippen LogP contribution >= 0.6 is 11.8 Å². The fraction of sp³-hybridized carbons (Fsp3) is 0.571. The Morgan fingerprint density at radius 2 is 2.05 bits per heavy atom. The van der Waals surface area contributed by atoms with Crippen molar-refractivity contribution in [3.05, 3.63) is 29.6 Å². The second-order valence-electron chi connectivity index (χ2n) is 5.04. The third-order valence-corrected chi connectivity index (χ3v) is 5.01. The van der Waals surface area contributed by atoms with Gasteiger partial charge in [-0.3, -0.25) is 0 Å². The van der Waals surface area contributed by atoms with E-state index >= 15 is 0 Å². The molecule has 0 aliphatic heterocycles. The van der Waals surface area contributed by atoms with Gasteiger partial charge in [-0.15, -0.1) is 0 Å². The molecule has 2 N–H and O–H groups in total. The lowest BCUT2D eigenvalue weighted by Crippen LogP contribution is -2.26. The minimum absolute atomic E-state index is 0.287. The summed E-state index contributed by atoms with van der Waals surface area (Å²) in [6, 6.07) is 4.51. The number of rotatable bonds is 9. The largest absolute Gasteiger partial charge is 0.310 e. The molecule has 0 saturated carbocycles. The van der Waals surface area contributed by atoms with E-state index < -0.39 is 15.8 Å². The fourth-order valence-electron chi connectivity index (χ4n) is 1.70. The highest BCUT2D eigenvalue weighted by molar-refractivity contribution is 7.98. The smallest absolute Gasteiger partial charge is 0.243 e. The van der Waals surface area contributed by atoms with Gasteiger partial charge >= 0.3 is 0 Å². The maximum absolute atomic E-state index is 14.0. The van der Waals surface area contributed by atoms with Gasteiger partial charge in [-0.2, -0.15) is 11.8 Å². The van der Waals surface area contributed by atoms with Gasteiger partial charge in [-0.25, -0.2) is 17.5 Å². The highest BCUT2D eigenvalue weighted by atomic mass is 32.2. The summed E-state index contributed by atoms with van der Waals surface area (Å²) in [6.07, 6.45) is 2.68. The van der Waals surface area contributed by atoms with Gasteiger partial charge in [-0.05, 0) is 36.1 Å². The number of hydrogen-bond donors (Lipinski definition) is 2. The maximum atomic E-state index is 14.0. The first-order chi connectivity index (χ1) is 9.86. The normalized spacial score (nSPS) is 12.0. The third kappa shape index (κ3) is 6.34. The molecule has 21 heavy (non-hydrogen) atoms. The van der Waals surface area contributed by atoms with E-state index in [2.05, 4.69) is 10.0 Å². The van der Waals surface area contributed by atoms with Crippen LogP contribution in [0.5, 0.6) is 0 Å². The minimum Gasteiger partial charge on any atom is -0.310 e. The molecule has 0 aromatic heterocycles. The molecule has 0 atom stereocenters. The molecule has 0 fully saturated rings. The Morgan fingerprint density at radius 3 is 2.62 bits per heavy atom. The zero-order chi connectivity index (χ0) is 15.9. The van der Waals surface area contributed by atoms with Crippen molar-refractivity contribution in [3.8, 4) is 0 Å². The van der Waals surface area contributed by atoms with Crippen LogP contribution in [-0.2, 0) is 16.6 Å². The van der Waals surface area contributed by atoms with E-state index in [0.717, 1.165) is 17.7 Å². The first-order valence-corrected chi connectivity index (χ1v) is 9.75. The van der Waals surface area contributed by atoms with Gasteiger partial charge < -0.3 is 5.32 Å². The molecule has 0 spiro atoms. The van der Waals surface area contributed by atoms with E-state index in [4.69, 9.17) is 0 Å². The van der Waals surface area contributed by atoms with Gasteiger partial charge in [0.25, 0.3) is 0 Å². The van der Waals surface area contributed by atoms with Crippen LogP contribution in [0.15, 0.2) is 23.1 Å². The summed E-state index contributed by atoms with van der Waals surface area (Å²) >= 11 is 1.64. The predicted octanol–water partition coefficient (Wildman–Crippen LogP) is 2.36. The first kappa shape index (κ1) is 18.4. The number of halogens is 1. The summed E-state index contributed by atoms with van der Waals surface area (Å²) in [7, 11) is -3.77. The molecule has 0 amide bonds. The second kappa shape index (κ2) is 8.73. The molecule has 0 heterocycles. The van der Waals surface area contributed by atoms with E-state index in [1.54, 1.807) is 17.8 Å². The number of hydrogen-bond acceptors (Lipinski definition) is 4. The Balaban J connectivity index is 2.74. The van der Waals surface area contributed by atoms with Crippen molar-refractivity contribution >= 4 is 21.8 Å². The summed E-state index contributed by atoms with van der Waals surface area (Å²) in [5.41, 5.74) is 0.725. The summed E-state index contributed by atoms with van der Waals surface area (Å²) in [6.45, 7) is 4.82. The molecular weight excluding hydrogens is 311 g/mol. The van der Waals surface area contributed by atoms with E-state index in [1.807, 2.05) is 20.1 Å². The first-order valence-electron chi connectivity index (χ1n) is 6.87. The summed E-state index contributed by atoms with van der Waals surface area (Å²) in [5, 5.41) is 3.16. The molecule has 120 valence electrons. The Labute approximate surface area is 131 Å². The molecule has 7 heteroatoms. The molecule has 0 unspecified atom stereocenters. The van der Waals surface area contributed by atoms with E-state index in [9.17, 15) is 12.8 Å². The maximum Gasteiger partial charge on any atom is 0.243 e. The molecule has 0 radical (unpaired) electrons. The van der Waals surface area contributed by atoms with Gasteiger partial charge in [0.05, 0.1) is 0 Å². The number of nitrogens with one attached hydrogen (secondary N) is 2. The summed E-state index contributed by atoms with van der Waals surface area (Å²) < 4.78 is 40.5. The Hall–Kier alpha value is -0.630. The zero-order valence-electron chi connectivity index (χ0n) is 12.6. The highest BCUT2D eigenvalue weighted by Gasteiger charge is 2.18. The second-order valence-corrected chi connectivity index (χ2v) is 7.77. The van der Waals surface area contributed by atoms with Crippen LogP contribution in [0.25, 0.3) is 0 Å². The van der Waals surface area contributed by atoms with Crippen molar-refractivity contribution in [2.75, 3.05) is 18.6 Å². The van der Waals surface area contributed by atoms with Crippen molar-refractivity contribution < 1.29 is 12.8 Å². The monoisotopic (exact) mass is 334 g/mol. The molecule has 0 saturated heterocycles. The van der Waals surface area contributed by atoms with Crippen LogP contribution in [-0.4, -0.2) is 33.0 Å². The Bertz CT molecular complexity index is 548. The van der Waals surface area contributed by atoms with E-state index in [-0.39, 0.29) is 10.9 Å². The summed E-state index contributed by atoms with van der Waals surface area (Å²) in [4.78, 5) is -0.292. The molecule has 0 aliphatic carbocycles. The van der Waals surface area contributed by atoms with Crippen molar-refractivity contribution in [2.45, 2.75) is 37.8 Å². The molecule has 0 bridgehead atoms. The Morgan fingerprint density at radius 1 is 1.33 bits per heavy atom. The molecule has 4 nitrogen and oxygen atoms in total. The van der Waals surface area contributed by atoms with Gasteiger partial charge in [0, 0.05) is 19.1 Å². The van der Waals surface area contributed by atoms with Crippen molar-refractivity contribution in [2.24, 2.45) is 0 Å². The number of benzene rings is 1. The van der Waals surface area contributed by atoms with Crippen LogP contribution in [0.2, 0.25) is 0 Å². The third-order valence-electron chi connectivity index (χ3n) is 2.82. The minimum atomic E-state index is -3.77. The number of sulfonamides is 1. The standard InChI is InChI=1S/C14H23FN2O2S2/c1-11(2)16-10-12-5-6-14(13(15)9-12)21(18,19)17-7-4-8-20-3/h5-6,9,11,16-17H,4,7-8,10H2,1-3H3. The topological polar surface area (TPSA) is 58.2 Å².